The van der Waals surface area contributed by atoms with E-state index in [1.54, 1.807) is 12.1 Å². The summed E-state index contributed by atoms with van der Waals surface area (Å²) >= 11 is 3.22. The highest BCUT2D eigenvalue weighted by Crippen LogP contribution is 2.14. The van der Waals surface area contributed by atoms with Crippen LogP contribution in [-0.2, 0) is 6.61 Å². The summed E-state index contributed by atoms with van der Waals surface area (Å²) in [6, 6.07) is 4.78. The maximum Gasteiger partial charge on any atom is 0.488 e. The van der Waals surface area contributed by atoms with E-state index in [2.05, 4.69) is 15.9 Å². The van der Waals surface area contributed by atoms with Crippen LogP contribution in [-0.4, -0.2) is 22.3 Å². The van der Waals surface area contributed by atoms with Gasteiger partial charge in [-0.05, 0) is 17.1 Å². The second kappa shape index (κ2) is 4.05. The van der Waals surface area contributed by atoms with Crippen LogP contribution in [0.4, 0.5) is 0 Å². The zero-order valence-electron chi connectivity index (χ0n) is 6.24. The molecule has 0 saturated carbocycles. The van der Waals surface area contributed by atoms with Gasteiger partial charge in [-0.3, -0.25) is 0 Å². The highest BCUT2D eigenvalue weighted by atomic mass is 79.9. The van der Waals surface area contributed by atoms with E-state index < -0.39 is 7.12 Å². The molecule has 64 valence electrons. The topological polar surface area (TPSA) is 60.7 Å². The van der Waals surface area contributed by atoms with Crippen molar-refractivity contribution in [3.05, 3.63) is 28.2 Å². The van der Waals surface area contributed by atoms with Crippen molar-refractivity contribution < 1.29 is 15.2 Å². The van der Waals surface area contributed by atoms with Gasteiger partial charge in [0.05, 0.1) is 6.61 Å². The van der Waals surface area contributed by atoms with E-state index in [0.717, 1.165) is 4.47 Å². The standard InChI is InChI=1S/C7H8BBrO3/c9-7-2-1-6(8(11)12)3-5(7)4-10/h1-3,10-12H,4H2. The van der Waals surface area contributed by atoms with Crippen molar-refractivity contribution in [3.8, 4) is 0 Å². The molecule has 0 saturated heterocycles. The number of hydrogen-bond acceptors (Lipinski definition) is 3. The number of aliphatic hydroxyl groups is 1. The van der Waals surface area contributed by atoms with E-state index in [-0.39, 0.29) is 6.61 Å². The minimum Gasteiger partial charge on any atom is -0.423 e. The van der Waals surface area contributed by atoms with Gasteiger partial charge in [0.25, 0.3) is 0 Å². The van der Waals surface area contributed by atoms with Gasteiger partial charge in [-0.25, -0.2) is 0 Å². The van der Waals surface area contributed by atoms with Crippen LogP contribution in [0, 0.1) is 0 Å². The highest BCUT2D eigenvalue weighted by Gasteiger charge is 2.11. The van der Waals surface area contributed by atoms with Crippen LogP contribution in [0.2, 0.25) is 0 Å². The smallest absolute Gasteiger partial charge is 0.423 e. The van der Waals surface area contributed by atoms with Crippen LogP contribution in [0.15, 0.2) is 22.7 Å². The lowest BCUT2D eigenvalue weighted by atomic mass is 9.80. The largest absolute Gasteiger partial charge is 0.488 e. The fraction of sp³-hybridized carbons (Fsp3) is 0.143. The monoisotopic (exact) mass is 230 g/mol. The first kappa shape index (κ1) is 9.73. The molecule has 0 aliphatic heterocycles. The molecular weight excluding hydrogens is 223 g/mol. The van der Waals surface area contributed by atoms with Crippen molar-refractivity contribution in [1.29, 1.82) is 0 Å². The van der Waals surface area contributed by atoms with E-state index >= 15 is 0 Å². The summed E-state index contributed by atoms with van der Waals surface area (Å²) in [7, 11) is -1.48. The molecule has 0 unspecified atom stereocenters. The molecule has 0 aliphatic rings. The van der Waals surface area contributed by atoms with Crippen LogP contribution in [0.1, 0.15) is 5.56 Å². The van der Waals surface area contributed by atoms with Crippen molar-refractivity contribution in [1.82, 2.24) is 0 Å². The van der Waals surface area contributed by atoms with Crippen LogP contribution >= 0.6 is 15.9 Å². The lowest BCUT2D eigenvalue weighted by molar-refractivity contribution is 0.281. The molecule has 1 rings (SSSR count). The van der Waals surface area contributed by atoms with Gasteiger partial charge in [-0.2, -0.15) is 0 Å². The summed E-state index contributed by atoms with van der Waals surface area (Å²) in [5.74, 6) is 0. The fourth-order valence-corrected chi connectivity index (χ4v) is 1.25. The average molecular weight is 231 g/mol. The zero-order valence-corrected chi connectivity index (χ0v) is 7.82. The average Bonchev–Trinajstić information content (AvgIpc) is 2.05. The van der Waals surface area contributed by atoms with Gasteiger partial charge in [-0.1, -0.05) is 28.1 Å². The molecule has 0 fully saturated rings. The molecule has 0 aliphatic carbocycles. The molecule has 0 spiro atoms. The van der Waals surface area contributed by atoms with Crippen molar-refractivity contribution in [3.63, 3.8) is 0 Å². The Morgan fingerprint density at radius 2 is 2.00 bits per heavy atom. The lowest BCUT2D eigenvalue weighted by Gasteiger charge is -2.03. The molecule has 0 amide bonds. The minimum absolute atomic E-state index is 0.124. The van der Waals surface area contributed by atoms with Gasteiger partial charge in [0.2, 0.25) is 0 Å². The Morgan fingerprint density at radius 1 is 1.33 bits per heavy atom. The Kier molecular flexibility index (Phi) is 3.28. The van der Waals surface area contributed by atoms with Crippen molar-refractivity contribution in [2.24, 2.45) is 0 Å². The molecule has 0 heterocycles. The molecule has 0 atom stereocenters. The summed E-state index contributed by atoms with van der Waals surface area (Å²) in [6.07, 6.45) is 0. The quantitative estimate of drug-likeness (QED) is 0.608. The zero-order chi connectivity index (χ0) is 9.14. The minimum atomic E-state index is -1.48. The van der Waals surface area contributed by atoms with E-state index in [1.165, 1.54) is 6.07 Å². The summed E-state index contributed by atoms with van der Waals surface area (Å²) in [4.78, 5) is 0. The predicted octanol–water partition coefficient (Wildman–Crippen LogP) is -0.379. The first-order valence-corrected chi connectivity index (χ1v) is 4.19. The third-order valence-electron chi connectivity index (χ3n) is 1.54. The van der Waals surface area contributed by atoms with Crippen molar-refractivity contribution in [2.45, 2.75) is 6.61 Å². The molecule has 1 aromatic carbocycles. The van der Waals surface area contributed by atoms with Crippen LogP contribution in [0.5, 0.6) is 0 Å². The van der Waals surface area contributed by atoms with Gasteiger partial charge in [0.1, 0.15) is 0 Å². The SMILES string of the molecule is OCc1cc(B(O)O)ccc1Br. The van der Waals surface area contributed by atoms with Gasteiger partial charge >= 0.3 is 7.12 Å². The highest BCUT2D eigenvalue weighted by molar-refractivity contribution is 9.10. The molecule has 3 nitrogen and oxygen atoms in total. The normalized spacial score (nSPS) is 10.0. The molecule has 0 radical (unpaired) electrons. The molecular formula is C7H8BBrO3. The predicted molar refractivity (Wildman–Crippen MR) is 49.9 cm³/mol. The third kappa shape index (κ3) is 2.07. The number of aliphatic hydroxyl groups excluding tert-OH is 1. The molecule has 5 heteroatoms. The summed E-state index contributed by atoms with van der Waals surface area (Å²) in [5.41, 5.74) is 1.02. The number of hydrogen-bond donors (Lipinski definition) is 3. The summed E-state index contributed by atoms with van der Waals surface area (Å²) < 4.78 is 0.759. The summed E-state index contributed by atoms with van der Waals surface area (Å²) in [5, 5.41) is 26.4. The number of halogens is 1. The first-order chi connectivity index (χ1) is 5.65. The number of benzene rings is 1. The van der Waals surface area contributed by atoms with Gasteiger partial charge in [0, 0.05) is 4.47 Å². The molecule has 0 aromatic heterocycles. The Hall–Kier alpha value is -0.355. The third-order valence-corrected chi connectivity index (χ3v) is 2.31. The van der Waals surface area contributed by atoms with E-state index in [0.29, 0.717) is 11.0 Å². The second-order valence-electron chi connectivity index (χ2n) is 2.38. The molecule has 3 N–H and O–H groups in total. The lowest BCUT2D eigenvalue weighted by Crippen LogP contribution is -2.30. The van der Waals surface area contributed by atoms with E-state index in [4.69, 9.17) is 15.2 Å². The van der Waals surface area contributed by atoms with Gasteiger partial charge in [-0.15, -0.1) is 0 Å². The molecule has 0 bridgehead atoms. The van der Waals surface area contributed by atoms with Crippen molar-refractivity contribution in [2.75, 3.05) is 0 Å². The molecule has 1 aromatic rings. The van der Waals surface area contributed by atoms with Gasteiger partial charge < -0.3 is 15.2 Å². The maximum absolute atomic E-state index is 8.83. The fourth-order valence-electron chi connectivity index (χ4n) is 0.876. The van der Waals surface area contributed by atoms with Crippen LogP contribution < -0.4 is 5.46 Å². The van der Waals surface area contributed by atoms with Crippen molar-refractivity contribution >= 4 is 28.5 Å². The van der Waals surface area contributed by atoms with Crippen LogP contribution in [0.25, 0.3) is 0 Å². The number of rotatable bonds is 2. The van der Waals surface area contributed by atoms with Gasteiger partial charge in [0.15, 0.2) is 0 Å². The summed E-state index contributed by atoms with van der Waals surface area (Å²) in [6.45, 7) is -0.124. The van der Waals surface area contributed by atoms with Crippen LogP contribution in [0.3, 0.4) is 0 Å². The van der Waals surface area contributed by atoms with E-state index in [1.807, 2.05) is 0 Å². The Balaban J connectivity index is 3.05. The van der Waals surface area contributed by atoms with E-state index in [9.17, 15) is 0 Å². The Bertz CT molecular complexity index is 277. The maximum atomic E-state index is 8.83. The molecule has 12 heavy (non-hydrogen) atoms. The Labute approximate surface area is 78.9 Å². The Morgan fingerprint density at radius 3 is 2.50 bits per heavy atom. The second-order valence-corrected chi connectivity index (χ2v) is 3.24. The first-order valence-electron chi connectivity index (χ1n) is 3.40.